The molecule has 1 N–H and O–H groups in total. The van der Waals surface area contributed by atoms with E-state index in [2.05, 4.69) is 51.8 Å². The highest BCUT2D eigenvalue weighted by Crippen LogP contribution is 2.33. The van der Waals surface area contributed by atoms with Crippen LogP contribution in [-0.4, -0.2) is 36.1 Å². The van der Waals surface area contributed by atoms with Crippen LogP contribution >= 0.6 is 0 Å². The molecular formula is C15H32N2. The van der Waals surface area contributed by atoms with Crippen LogP contribution in [0.1, 0.15) is 60.8 Å². The first kappa shape index (κ1) is 15.0. The lowest BCUT2D eigenvalue weighted by Gasteiger charge is -2.48. The van der Waals surface area contributed by atoms with Crippen LogP contribution in [0.4, 0.5) is 0 Å². The lowest BCUT2D eigenvalue weighted by atomic mass is 9.75. The largest absolute Gasteiger partial charge is 0.312 e. The van der Waals surface area contributed by atoms with E-state index < -0.39 is 0 Å². The van der Waals surface area contributed by atoms with E-state index in [9.17, 15) is 0 Å². The van der Waals surface area contributed by atoms with Crippen molar-refractivity contribution in [2.75, 3.05) is 19.6 Å². The van der Waals surface area contributed by atoms with Gasteiger partial charge in [0.1, 0.15) is 0 Å². The molecule has 1 aliphatic heterocycles. The Morgan fingerprint density at radius 1 is 1.06 bits per heavy atom. The Balaban J connectivity index is 2.79. The van der Waals surface area contributed by atoms with Crippen LogP contribution in [0.5, 0.6) is 0 Å². The molecule has 0 radical (unpaired) electrons. The molecule has 2 heteroatoms. The molecule has 1 saturated heterocycles. The van der Waals surface area contributed by atoms with E-state index in [4.69, 9.17) is 0 Å². The van der Waals surface area contributed by atoms with Gasteiger partial charge in [-0.15, -0.1) is 0 Å². The highest BCUT2D eigenvalue weighted by atomic mass is 15.2. The summed E-state index contributed by atoms with van der Waals surface area (Å²) in [6.45, 7) is 17.8. The quantitative estimate of drug-likeness (QED) is 0.793. The number of likely N-dealkylation sites (tertiary alicyclic amines) is 1. The van der Waals surface area contributed by atoms with E-state index in [0.717, 1.165) is 6.54 Å². The maximum Gasteiger partial charge on any atom is 0.0311 e. The fraction of sp³-hybridized carbons (Fsp3) is 1.00. The Morgan fingerprint density at radius 3 is 2.00 bits per heavy atom. The standard InChI is InChI=1S/C15H32N2/c1-7-10-16-13(14(2,3)4)15(5,6)17-11-8-9-12-17/h13,16H,7-12H2,1-6H3. The fourth-order valence-electron chi connectivity index (χ4n) is 3.38. The van der Waals surface area contributed by atoms with Gasteiger partial charge in [0.15, 0.2) is 0 Å². The van der Waals surface area contributed by atoms with Gasteiger partial charge >= 0.3 is 0 Å². The third-order valence-electron chi connectivity index (χ3n) is 4.09. The van der Waals surface area contributed by atoms with Crippen LogP contribution in [0.25, 0.3) is 0 Å². The van der Waals surface area contributed by atoms with Crippen LogP contribution in [0, 0.1) is 5.41 Å². The molecule has 0 aliphatic carbocycles. The first-order valence-corrected chi connectivity index (χ1v) is 7.28. The fourth-order valence-corrected chi connectivity index (χ4v) is 3.38. The van der Waals surface area contributed by atoms with E-state index >= 15 is 0 Å². The van der Waals surface area contributed by atoms with E-state index in [1.165, 1.54) is 32.4 Å². The van der Waals surface area contributed by atoms with Gasteiger partial charge in [-0.05, 0) is 58.2 Å². The zero-order valence-corrected chi connectivity index (χ0v) is 12.8. The van der Waals surface area contributed by atoms with Gasteiger partial charge in [-0.3, -0.25) is 4.90 Å². The van der Waals surface area contributed by atoms with E-state index in [1.807, 2.05) is 0 Å². The van der Waals surface area contributed by atoms with Gasteiger partial charge in [0.05, 0.1) is 0 Å². The van der Waals surface area contributed by atoms with Gasteiger partial charge in [0, 0.05) is 11.6 Å². The smallest absolute Gasteiger partial charge is 0.0311 e. The van der Waals surface area contributed by atoms with Crippen LogP contribution in [-0.2, 0) is 0 Å². The first-order chi connectivity index (χ1) is 7.80. The van der Waals surface area contributed by atoms with E-state index in [1.54, 1.807) is 0 Å². The Morgan fingerprint density at radius 2 is 1.59 bits per heavy atom. The number of nitrogens with one attached hydrogen (secondary N) is 1. The van der Waals surface area contributed by atoms with Gasteiger partial charge in [0.2, 0.25) is 0 Å². The summed E-state index contributed by atoms with van der Waals surface area (Å²) < 4.78 is 0. The molecular weight excluding hydrogens is 208 g/mol. The summed E-state index contributed by atoms with van der Waals surface area (Å²) in [5, 5.41) is 3.78. The first-order valence-electron chi connectivity index (χ1n) is 7.28. The molecule has 1 atom stereocenters. The number of hydrogen-bond acceptors (Lipinski definition) is 2. The van der Waals surface area contributed by atoms with Crippen LogP contribution in [0.2, 0.25) is 0 Å². The van der Waals surface area contributed by atoms with Crippen molar-refractivity contribution in [3.8, 4) is 0 Å². The number of hydrogen-bond donors (Lipinski definition) is 1. The zero-order valence-electron chi connectivity index (χ0n) is 12.8. The molecule has 1 unspecified atom stereocenters. The molecule has 1 heterocycles. The minimum atomic E-state index is 0.254. The molecule has 0 amide bonds. The van der Waals surface area contributed by atoms with Crippen molar-refractivity contribution < 1.29 is 0 Å². The van der Waals surface area contributed by atoms with Gasteiger partial charge < -0.3 is 5.32 Å². The molecule has 2 nitrogen and oxygen atoms in total. The molecule has 1 rings (SSSR count). The van der Waals surface area contributed by atoms with Crippen molar-refractivity contribution in [2.45, 2.75) is 72.4 Å². The maximum absolute atomic E-state index is 3.78. The molecule has 17 heavy (non-hydrogen) atoms. The average Bonchev–Trinajstić information content (AvgIpc) is 2.68. The summed E-state index contributed by atoms with van der Waals surface area (Å²) in [5.41, 5.74) is 0.561. The second-order valence-corrected chi connectivity index (χ2v) is 7.10. The van der Waals surface area contributed by atoms with Gasteiger partial charge in [-0.2, -0.15) is 0 Å². The summed E-state index contributed by atoms with van der Waals surface area (Å²) in [4.78, 5) is 2.67. The highest BCUT2D eigenvalue weighted by Gasteiger charge is 2.42. The average molecular weight is 240 g/mol. The minimum Gasteiger partial charge on any atom is -0.312 e. The molecule has 0 aromatic carbocycles. The summed E-state index contributed by atoms with van der Waals surface area (Å²) in [5.74, 6) is 0. The van der Waals surface area contributed by atoms with Crippen molar-refractivity contribution >= 4 is 0 Å². The Bertz CT molecular complexity index is 222. The van der Waals surface area contributed by atoms with Crippen molar-refractivity contribution in [1.82, 2.24) is 10.2 Å². The predicted molar refractivity (Wildman–Crippen MR) is 76.4 cm³/mol. The lowest BCUT2D eigenvalue weighted by Crippen LogP contribution is -2.62. The van der Waals surface area contributed by atoms with Crippen LogP contribution in [0.3, 0.4) is 0 Å². The summed E-state index contributed by atoms with van der Waals surface area (Å²) in [6, 6.07) is 0.549. The molecule has 102 valence electrons. The van der Waals surface area contributed by atoms with E-state index in [-0.39, 0.29) is 5.54 Å². The highest BCUT2D eigenvalue weighted by molar-refractivity contribution is 5.00. The minimum absolute atomic E-state index is 0.254. The van der Waals surface area contributed by atoms with Gasteiger partial charge in [-0.1, -0.05) is 27.7 Å². The molecule has 0 saturated carbocycles. The van der Waals surface area contributed by atoms with Crippen molar-refractivity contribution in [3.05, 3.63) is 0 Å². The van der Waals surface area contributed by atoms with Crippen molar-refractivity contribution in [1.29, 1.82) is 0 Å². The van der Waals surface area contributed by atoms with Gasteiger partial charge in [-0.25, -0.2) is 0 Å². The van der Waals surface area contributed by atoms with E-state index in [0.29, 0.717) is 11.5 Å². The Kier molecular flexibility index (Phi) is 5.03. The second-order valence-electron chi connectivity index (χ2n) is 7.10. The van der Waals surface area contributed by atoms with Crippen molar-refractivity contribution in [2.24, 2.45) is 5.41 Å². The normalized spacial score (nSPS) is 20.8. The molecule has 0 aromatic heterocycles. The van der Waals surface area contributed by atoms with Crippen LogP contribution in [0.15, 0.2) is 0 Å². The maximum atomic E-state index is 3.78. The van der Waals surface area contributed by atoms with Crippen LogP contribution < -0.4 is 5.32 Å². The molecule has 1 aliphatic rings. The summed E-state index contributed by atoms with van der Waals surface area (Å²) in [7, 11) is 0. The number of nitrogens with zero attached hydrogens (tertiary/aromatic N) is 1. The Labute approximate surface area is 108 Å². The third-order valence-corrected chi connectivity index (χ3v) is 4.09. The SMILES string of the molecule is CCCNC(C(C)(C)C)C(C)(C)N1CCCC1. The van der Waals surface area contributed by atoms with Crippen molar-refractivity contribution in [3.63, 3.8) is 0 Å². The molecule has 0 aromatic rings. The Hall–Kier alpha value is -0.0800. The zero-order chi connectivity index (χ0) is 13.1. The molecule has 1 fully saturated rings. The second kappa shape index (κ2) is 5.71. The van der Waals surface area contributed by atoms with Gasteiger partial charge in [0.25, 0.3) is 0 Å². The summed E-state index contributed by atoms with van der Waals surface area (Å²) in [6.07, 6.45) is 3.95. The molecule has 0 bridgehead atoms. The molecule has 0 spiro atoms. The topological polar surface area (TPSA) is 15.3 Å². The lowest BCUT2D eigenvalue weighted by molar-refractivity contribution is 0.0527. The predicted octanol–water partition coefficient (Wildman–Crippen LogP) is 3.28. The number of rotatable bonds is 5. The monoisotopic (exact) mass is 240 g/mol. The third kappa shape index (κ3) is 3.69. The summed E-state index contributed by atoms with van der Waals surface area (Å²) >= 11 is 0.